The topological polar surface area (TPSA) is 58.6 Å². The lowest BCUT2D eigenvalue weighted by molar-refractivity contribution is -0.144. The van der Waals surface area contributed by atoms with E-state index in [0.717, 1.165) is 0 Å². The summed E-state index contributed by atoms with van der Waals surface area (Å²) in [5.74, 6) is -1.14. The van der Waals surface area contributed by atoms with Crippen molar-refractivity contribution in [2.45, 2.75) is 12.1 Å². The summed E-state index contributed by atoms with van der Waals surface area (Å²) in [4.78, 5) is 11.4. The van der Waals surface area contributed by atoms with E-state index in [9.17, 15) is 9.90 Å². The summed E-state index contributed by atoms with van der Waals surface area (Å²) in [5, 5.41) is 13.0. The Morgan fingerprint density at radius 1 is 1.60 bits per heavy atom. The lowest BCUT2D eigenvalue weighted by Gasteiger charge is -2.11. The molecule has 1 aliphatic rings. The summed E-state index contributed by atoms with van der Waals surface area (Å²) in [7, 11) is 1.29. The van der Waals surface area contributed by atoms with E-state index < -0.39 is 18.1 Å². The molecule has 1 aromatic rings. The van der Waals surface area contributed by atoms with Crippen LogP contribution in [0.1, 0.15) is 11.5 Å². The van der Waals surface area contributed by atoms with Crippen molar-refractivity contribution < 1.29 is 14.6 Å². The molecule has 0 fully saturated rings. The van der Waals surface area contributed by atoms with Gasteiger partial charge in [0, 0.05) is 10.7 Å². The number of fused-ring (bicyclic) bond motifs is 1. The van der Waals surface area contributed by atoms with Gasteiger partial charge in [0.25, 0.3) is 0 Å². The Kier molecular flexibility index (Phi) is 2.54. The summed E-state index contributed by atoms with van der Waals surface area (Å²) in [6, 6.07) is 5.06. The zero-order chi connectivity index (χ0) is 11.0. The van der Waals surface area contributed by atoms with Gasteiger partial charge in [-0.15, -0.1) is 0 Å². The normalized spacial score (nSPS) is 23.1. The maximum absolute atomic E-state index is 11.4. The first-order valence-electron chi connectivity index (χ1n) is 4.45. The second-order valence-electron chi connectivity index (χ2n) is 3.32. The highest BCUT2D eigenvalue weighted by Crippen LogP contribution is 2.37. The number of halogens is 1. The molecule has 1 aliphatic heterocycles. The molecule has 2 unspecified atom stereocenters. The first-order valence-corrected chi connectivity index (χ1v) is 4.83. The van der Waals surface area contributed by atoms with Crippen molar-refractivity contribution in [1.82, 2.24) is 0 Å². The molecule has 0 radical (unpaired) electrons. The van der Waals surface area contributed by atoms with Crippen LogP contribution in [0.5, 0.6) is 0 Å². The number of carbonyl (C=O) groups excluding carboxylic acids is 1. The maximum atomic E-state index is 11.4. The van der Waals surface area contributed by atoms with Gasteiger partial charge in [0.15, 0.2) is 0 Å². The van der Waals surface area contributed by atoms with Gasteiger partial charge in [0.2, 0.25) is 0 Å². The molecule has 1 heterocycles. The molecule has 1 aromatic carbocycles. The van der Waals surface area contributed by atoms with Gasteiger partial charge in [0.05, 0.1) is 7.11 Å². The summed E-state index contributed by atoms with van der Waals surface area (Å²) in [6.45, 7) is 0. The molecule has 4 nitrogen and oxygen atoms in total. The van der Waals surface area contributed by atoms with Crippen LogP contribution in [-0.4, -0.2) is 24.4 Å². The van der Waals surface area contributed by atoms with Crippen LogP contribution >= 0.6 is 11.6 Å². The Morgan fingerprint density at radius 2 is 2.33 bits per heavy atom. The van der Waals surface area contributed by atoms with E-state index in [1.807, 2.05) is 0 Å². The van der Waals surface area contributed by atoms with E-state index >= 15 is 0 Å². The molecule has 0 saturated heterocycles. The fourth-order valence-electron chi connectivity index (χ4n) is 1.72. The van der Waals surface area contributed by atoms with Crippen LogP contribution < -0.4 is 5.32 Å². The third kappa shape index (κ3) is 1.66. The maximum Gasteiger partial charge on any atom is 0.317 e. The highest BCUT2D eigenvalue weighted by Gasteiger charge is 2.37. The van der Waals surface area contributed by atoms with Crippen LogP contribution in [-0.2, 0) is 9.53 Å². The molecule has 0 bridgehead atoms. The molecule has 0 aromatic heterocycles. The molecule has 80 valence electrons. The van der Waals surface area contributed by atoms with Crippen LogP contribution in [0.2, 0.25) is 5.02 Å². The molecule has 0 saturated carbocycles. The molecular weight excluding hydrogens is 218 g/mol. The molecule has 2 atom stereocenters. The van der Waals surface area contributed by atoms with Crippen molar-refractivity contribution in [2.75, 3.05) is 12.4 Å². The lowest BCUT2D eigenvalue weighted by Crippen LogP contribution is -2.26. The highest BCUT2D eigenvalue weighted by atomic mass is 35.5. The number of methoxy groups -OCH3 is 1. The van der Waals surface area contributed by atoms with Gasteiger partial charge >= 0.3 is 5.97 Å². The molecule has 2 rings (SSSR count). The molecule has 15 heavy (non-hydrogen) atoms. The molecule has 0 spiro atoms. The van der Waals surface area contributed by atoms with Gasteiger partial charge < -0.3 is 15.2 Å². The van der Waals surface area contributed by atoms with Gasteiger partial charge in [-0.05, 0) is 17.7 Å². The first-order chi connectivity index (χ1) is 7.13. The number of benzene rings is 1. The minimum absolute atomic E-state index is 0.462. The fraction of sp³-hybridized carbons (Fsp3) is 0.300. The van der Waals surface area contributed by atoms with Crippen molar-refractivity contribution in [3.05, 3.63) is 28.8 Å². The highest BCUT2D eigenvalue weighted by molar-refractivity contribution is 6.30. The average Bonchev–Trinajstić information content (AvgIpc) is 2.52. The number of hydrogen-bond donors (Lipinski definition) is 2. The van der Waals surface area contributed by atoms with Crippen LogP contribution in [0, 0.1) is 0 Å². The number of anilines is 1. The first kappa shape index (κ1) is 10.3. The lowest BCUT2D eigenvalue weighted by atomic mass is 10.0. The second-order valence-corrected chi connectivity index (χ2v) is 3.76. The van der Waals surface area contributed by atoms with E-state index in [1.54, 1.807) is 18.2 Å². The minimum Gasteiger partial charge on any atom is -0.468 e. The quantitative estimate of drug-likeness (QED) is 0.711. The van der Waals surface area contributed by atoms with Crippen molar-refractivity contribution in [3.8, 4) is 0 Å². The Hall–Kier alpha value is -1.26. The molecular formula is C10H10ClNO3. The van der Waals surface area contributed by atoms with E-state index in [1.165, 1.54) is 7.11 Å². The van der Waals surface area contributed by atoms with Gasteiger partial charge in [-0.3, -0.25) is 4.79 Å². The number of aliphatic hydroxyl groups excluding tert-OH is 1. The number of ether oxygens (including phenoxy) is 1. The van der Waals surface area contributed by atoms with E-state index in [2.05, 4.69) is 10.1 Å². The predicted octanol–water partition coefficient (Wildman–Crippen LogP) is 1.34. The number of aliphatic hydroxyl groups is 1. The molecule has 2 N–H and O–H groups in total. The molecule has 5 heteroatoms. The summed E-state index contributed by atoms with van der Waals surface area (Å²) >= 11 is 5.79. The smallest absolute Gasteiger partial charge is 0.317 e. The number of hydrogen-bond acceptors (Lipinski definition) is 4. The number of esters is 1. The number of rotatable bonds is 1. The van der Waals surface area contributed by atoms with Gasteiger partial charge in [0.1, 0.15) is 12.1 Å². The third-order valence-electron chi connectivity index (χ3n) is 2.42. The van der Waals surface area contributed by atoms with Crippen molar-refractivity contribution in [2.24, 2.45) is 0 Å². The number of nitrogens with one attached hydrogen (secondary N) is 1. The van der Waals surface area contributed by atoms with Gasteiger partial charge in [-0.25, -0.2) is 0 Å². The minimum atomic E-state index is -0.953. The van der Waals surface area contributed by atoms with Crippen LogP contribution in [0.25, 0.3) is 0 Å². The zero-order valence-electron chi connectivity index (χ0n) is 8.03. The molecule has 0 aliphatic carbocycles. The van der Waals surface area contributed by atoms with Crippen LogP contribution in [0.4, 0.5) is 5.69 Å². The summed E-state index contributed by atoms with van der Waals surface area (Å²) in [6.07, 6.45) is -0.953. The molecule has 0 amide bonds. The average molecular weight is 228 g/mol. The van der Waals surface area contributed by atoms with Crippen LogP contribution in [0.15, 0.2) is 18.2 Å². The second kappa shape index (κ2) is 3.72. The van der Waals surface area contributed by atoms with Crippen molar-refractivity contribution in [1.29, 1.82) is 0 Å². The van der Waals surface area contributed by atoms with Gasteiger partial charge in [-0.2, -0.15) is 0 Å². The number of carbonyl (C=O) groups is 1. The standard InChI is InChI=1S/C10H10ClNO3/c1-15-10(14)8-6-3-2-5(11)4-7(6)12-9(8)13/h2-4,8-9,12-13H,1H3. The predicted molar refractivity (Wildman–Crippen MR) is 55.8 cm³/mol. The Balaban J connectivity index is 2.41. The van der Waals surface area contributed by atoms with E-state index in [-0.39, 0.29) is 0 Å². The Morgan fingerprint density at radius 3 is 3.00 bits per heavy atom. The Labute approximate surface area is 91.8 Å². The van der Waals surface area contributed by atoms with E-state index in [0.29, 0.717) is 16.3 Å². The van der Waals surface area contributed by atoms with Crippen molar-refractivity contribution >= 4 is 23.3 Å². The zero-order valence-corrected chi connectivity index (χ0v) is 8.78. The fourth-order valence-corrected chi connectivity index (χ4v) is 1.89. The van der Waals surface area contributed by atoms with Gasteiger partial charge in [-0.1, -0.05) is 17.7 Å². The summed E-state index contributed by atoms with van der Waals surface area (Å²) in [5.41, 5.74) is 1.38. The third-order valence-corrected chi connectivity index (χ3v) is 2.66. The monoisotopic (exact) mass is 227 g/mol. The Bertz CT molecular complexity index is 408. The SMILES string of the molecule is COC(=O)C1c2ccc(Cl)cc2NC1O. The van der Waals surface area contributed by atoms with E-state index in [4.69, 9.17) is 11.6 Å². The van der Waals surface area contributed by atoms with Crippen molar-refractivity contribution in [3.63, 3.8) is 0 Å². The van der Waals surface area contributed by atoms with Crippen LogP contribution in [0.3, 0.4) is 0 Å². The summed E-state index contributed by atoms with van der Waals surface area (Å²) < 4.78 is 4.62. The largest absolute Gasteiger partial charge is 0.468 e.